The minimum Gasteiger partial charge on any atom is -0.484 e. The fourth-order valence-electron chi connectivity index (χ4n) is 4.15. The summed E-state index contributed by atoms with van der Waals surface area (Å²) < 4.78 is 5.51. The number of aryl methyl sites for hydroxylation is 1. The van der Waals surface area contributed by atoms with Gasteiger partial charge in [0, 0.05) is 44.4 Å². The Morgan fingerprint density at radius 2 is 1.91 bits per heavy atom. The lowest BCUT2D eigenvalue weighted by molar-refractivity contribution is -0.142. The summed E-state index contributed by atoms with van der Waals surface area (Å²) in [7, 11) is 3.91. The molecule has 178 valence electrons. The van der Waals surface area contributed by atoms with Crippen molar-refractivity contribution in [2.75, 3.05) is 38.7 Å². The van der Waals surface area contributed by atoms with E-state index in [9.17, 15) is 9.59 Å². The van der Waals surface area contributed by atoms with E-state index in [1.165, 1.54) is 0 Å². The number of benzene rings is 1. The minimum atomic E-state index is -1.06. The van der Waals surface area contributed by atoms with Gasteiger partial charge in [-0.15, -0.1) is 0 Å². The lowest BCUT2D eigenvalue weighted by atomic mass is 9.80. The van der Waals surface area contributed by atoms with Crippen LogP contribution in [0.3, 0.4) is 0 Å². The number of amides is 2. The molecule has 0 saturated carbocycles. The third-order valence-corrected chi connectivity index (χ3v) is 5.92. The Bertz CT molecular complexity index is 993. The van der Waals surface area contributed by atoms with Gasteiger partial charge in [0.2, 0.25) is 5.91 Å². The molecule has 1 fully saturated rings. The Labute approximate surface area is 196 Å². The summed E-state index contributed by atoms with van der Waals surface area (Å²) in [5, 5.41) is 2.83. The fraction of sp³-hybridized carbons (Fsp3) is 0.520. The molecule has 1 saturated heterocycles. The molecule has 1 aliphatic rings. The quantitative estimate of drug-likeness (QED) is 0.694. The third kappa shape index (κ3) is 6.00. The number of piperidine rings is 1. The van der Waals surface area contributed by atoms with E-state index in [0.29, 0.717) is 18.8 Å². The van der Waals surface area contributed by atoms with Gasteiger partial charge in [-0.3, -0.25) is 9.59 Å². The molecule has 0 radical (unpaired) electrons. The van der Waals surface area contributed by atoms with Crippen molar-refractivity contribution in [2.45, 2.75) is 51.5 Å². The second-order valence-electron chi connectivity index (χ2n) is 9.75. The highest BCUT2D eigenvalue weighted by atomic mass is 16.5. The topological polar surface area (TPSA) is 87.7 Å². The summed E-state index contributed by atoms with van der Waals surface area (Å²) in [6, 6.07) is 11.1. The van der Waals surface area contributed by atoms with Crippen LogP contribution in [0.5, 0.6) is 5.75 Å². The van der Waals surface area contributed by atoms with Crippen LogP contribution >= 0.6 is 0 Å². The molecular formula is C25H35N5O3. The molecule has 3 rings (SSSR count). The van der Waals surface area contributed by atoms with E-state index in [1.54, 1.807) is 26.0 Å². The number of rotatable bonds is 7. The van der Waals surface area contributed by atoms with Crippen molar-refractivity contribution in [2.24, 2.45) is 0 Å². The molecule has 8 nitrogen and oxygen atoms in total. The van der Waals surface area contributed by atoms with E-state index < -0.39 is 5.54 Å². The maximum Gasteiger partial charge on any atom is 0.258 e. The number of aromatic nitrogens is 2. The second-order valence-corrected chi connectivity index (χ2v) is 9.75. The van der Waals surface area contributed by atoms with Crippen LogP contribution in [0, 0.1) is 6.92 Å². The number of carbonyl (C=O) groups excluding carboxylic acids is 2. The summed E-state index contributed by atoms with van der Waals surface area (Å²) in [5.41, 5.74) is -0.516. The minimum absolute atomic E-state index is 0.123. The van der Waals surface area contributed by atoms with Crippen LogP contribution in [-0.2, 0) is 15.0 Å². The van der Waals surface area contributed by atoms with Gasteiger partial charge in [0.15, 0.2) is 6.61 Å². The Hall–Kier alpha value is -3.16. The number of carbonyl (C=O) groups is 2. The van der Waals surface area contributed by atoms with Crippen molar-refractivity contribution in [1.29, 1.82) is 0 Å². The van der Waals surface area contributed by atoms with E-state index >= 15 is 0 Å². The number of hydrogen-bond donors (Lipinski definition) is 1. The lowest BCUT2D eigenvalue weighted by Crippen LogP contribution is -2.60. The largest absolute Gasteiger partial charge is 0.484 e. The smallest absolute Gasteiger partial charge is 0.258 e. The van der Waals surface area contributed by atoms with Gasteiger partial charge in [-0.05, 0) is 45.7 Å². The third-order valence-electron chi connectivity index (χ3n) is 5.92. The molecule has 1 atom stereocenters. The van der Waals surface area contributed by atoms with Crippen LogP contribution in [-0.4, -0.2) is 66.0 Å². The van der Waals surface area contributed by atoms with Crippen molar-refractivity contribution >= 4 is 17.6 Å². The predicted octanol–water partition coefficient (Wildman–Crippen LogP) is 2.70. The normalized spacial score (nSPS) is 18.5. The first kappa shape index (κ1) is 24.5. The molecule has 2 aromatic rings. The average Bonchev–Trinajstić information content (AvgIpc) is 2.77. The number of para-hydroxylation sites is 1. The van der Waals surface area contributed by atoms with Gasteiger partial charge in [-0.25, -0.2) is 9.97 Å². The fourth-order valence-corrected chi connectivity index (χ4v) is 4.15. The average molecular weight is 454 g/mol. The molecule has 33 heavy (non-hydrogen) atoms. The van der Waals surface area contributed by atoms with Gasteiger partial charge in [0.05, 0.1) is 0 Å². The zero-order valence-electron chi connectivity index (χ0n) is 20.5. The van der Waals surface area contributed by atoms with E-state index in [2.05, 4.69) is 12.2 Å². The Morgan fingerprint density at radius 3 is 2.58 bits per heavy atom. The van der Waals surface area contributed by atoms with Gasteiger partial charge in [-0.2, -0.15) is 0 Å². The SMILES string of the molecule is Cc1cc(N(C)C)nc([C@@]2(C)CCCN(C(=O)C(C)(C)NC(=O)COc3ccccc3)C2)n1. The molecule has 1 aromatic heterocycles. The predicted molar refractivity (Wildman–Crippen MR) is 128 cm³/mol. The van der Waals surface area contributed by atoms with Crippen LogP contribution in [0.25, 0.3) is 0 Å². The summed E-state index contributed by atoms with van der Waals surface area (Å²) >= 11 is 0. The summed E-state index contributed by atoms with van der Waals surface area (Å²) in [6.45, 7) is 8.53. The number of anilines is 1. The number of nitrogens with zero attached hydrogens (tertiary/aromatic N) is 4. The second kappa shape index (κ2) is 9.77. The molecule has 0 aliphatic carbocycles. The molecule has 8 heteroatoms. The van der Waals surface area contributed by atoms with Crippen molar-refractivity contribution < 1.29 is 14.3 Å². The van der Waals surface area contributed by atoms with Crippen LogP contribution in [0.4, 0.5) is 5.82 Å². The molecule has 0 bridgehead atoms. The monoisotopic (exact) mass is 453 g/mol. The number of nitrogens with one attached hydrogen (secondary N) is 1. The molecule has 0 unspecified atom stereocenters. The molecule has 2 heterocycles. The van der Waals surface area contributed by atoms with E-state index in [1.807, 2.05) is 55.1 Å². The van der Waals surface area contributed by atoms with E-state index in [4.69, 9.17) is 14.7 Å². The van der Waals surface area contributed by atoms with Crippen LogP contribution in [0.1, 0.15) is 45.1 Å². The van der Waals surface area contributed by atoms with Crippen molar-refractivity contribution in [3.05, 3.63) is 47.9 Å². The zero-order chi connectivity index (χ0) is 24.2. The molecule has 1 N–H and O–H groups in total. The first-order chi connectivity index (χ1) is 15.5. The van der Waals surface area contributed by atoms with Crippen molar-refractivity contribution in [1.82, 2.24) is 20.2 Å². The highest BCUT2D eigenvalue weighted by Gasteiger charge is 2.41. The van der Waals surface area contributed by atoms with E-state index in [0.717, 1.165) is 30.2 Å². The molecule has 2 amide bonds. The highest BCUT2D eigenvalue weighted by Crippen LogP contribution is 2.33. The van der Waals surface area contributed by atoms with Crippen LogP contribution in [0.15, 0.2) is 36.4 Å². The zero-order valence-corrected chi connectivity index (χ0v) is 20.5. The Kier molecular flexibility index (Phi) is 7.25. The highest BCUT2D eigenvalue weighted by molar-refractivity contribution is 5.91. The molecular weight excluding hydrogens is 418 g/mol. The first-order valence-corrected chi connectivity index (χ1v) is 11.3. The maximum atomic E-state index is 13.4. The molecule has 1 aliphatic heterocycles. The van der Waals surface area contributed by atoms with Gasteiger partial charge in [0.1, 0.15) is 22.9 Å². The number of likely N-dealkylation sites (tertiary alicyclic amines) is 1. The Balaban J connectivity index is 1.68. The first-order valence-electron chi connectivity index (χ1n) is 11.3. The van der Waals surface area contributed by atoms with Gasteiger partial charge >= 0.3 is 0 Å². The van der Waals surface area contributed by atoms with Gasteiger partial charge in [-0.1, -0.05) is 25.1 Å². The van der Waals surface area contributed by atoms with Crippen molar-refractivity contribution in [3.63, 3.8) is 0 Å². The standard InChI is InChI=1S/C25H35N5O3/c1-18-15-20(29(5)6)27-22(26-18)25(4)13-10-14-30(17-25)23(32)24(2,3)28-21(31)16-33-19-11-8-7-9-12-19/h7-9,11-12,15H,10,13-14,16-17H2,1-6H3,(H,28,31)/t25-/m0/s1. The summed E-state index contributed by atoms with van der Waals surface area (Å²) in [6.07, 6.45) is 1.74. The van der Waals surface area contributed by atoms with Gasteiger partial charge < -0.3 is 19.9 Å². The van der Waals surface area contributed by atoms with Gasteiger partial charge in [0.25, 0.3) is 5.91 Å². The van der Waals surface area contributed by atoms with E-state index in [-0.39, 0.29) is 23.8 Å². The van der Waals surface area contributed by atoms with Crippen LogP contribution < -0.4 is 15.0 Å². The Morgan fingerprint density at radius 1 is 1.21 bits per heavy atom. The van der Waals surface area contributed by atoms with Crippen LogP contribution in [0.2, 0.25) is 0 Å². The molecule has 0 spiro atoms. The molecule has 1 aromatic carbocycles. The summed E-state index contributed by atoms with van der Waals surface area (Å²) in [5.74, 6) is 1.76. The number of hydrogen-bond acceptors (Lipinski definition) is 6. The lowest BCUT2D eigenvalue weighted by Gasteiger charge is -2.42. The maximum absolute atomic E-state index is 13.4. The number of ether oxygens (including phenoxy) is 1. The van der Waals surface area contributed by atoms with Crippen molar-refractivity contribution in [3.8, 4) is 5.75 Å². The summed E-state index contributed by atoms with van der Waals surface area (Å²) in [4.78, 5) is 39.2.